The molecule has 0 atom stereocenters. The molecule has 1 aliphatic rings. The van der Waals surface area contributed by atoms with Crippen molar-refractivity contribution < 1.29 is 13.2 Å². The van der Waals surface area contributed by atoms with Crippen molar-refractivity contribution in [2.75, 3.05) is 37.7 Å². The van der Waals surface area contributed by atoms with Crippen molar-refractivity contribution in [3.63, 3.8) is 0 Å². The molecule has 2 aromatic rings. The summed E-state index contributed by atoms with van der Waals surface area (Å²) in [5.74, 6) is -0.518. The van der Waals surface area contributed by atoms with Gasteiger partial charge in [-0.1, -0.05) is 80.4 Å². The smallest absolute Gasteiger partial charge is 0.237 e. The van der Waals surface area contributed by atoms with Gasteiger partial charge in [0, 0.05) is 26.2 Å². The van der Waals surface area contributed by atoms with Crippen LogP contribution in [0.5, 0.6) is 0 Å². The fourth-order valence-electron chi connectivity index (χ4n) is 4.04. The summed E-state index contributed by atoms with van der Waals surface area (Å²) in [6.45, 7) is 4.58. The lowest BCUT2D eigenvalue weighted by Crippen LogP contribution is -2.51. The van der Waals surface area contributed by atoms with Crippen LogP contribution < -0.4 is 0 Å². The van der Waals surface area contributed by atoms with E-state index in [1.54, 1.807) is 4.90 Å². The third-order valence-corrected chi connectivity index (χ3v) is 7.26. The summed E-state index contributed by atoms with van der Waals surface area (Å²) in [6, 6.07) is 20.9. The lowest BCUT2D eigenvalue weighted by Gasteiger charge is -2.39. The monoisotopic (exact) mass is 428 g/mol. The highest BCUT2D eigenvalue weighted by molar-refractivity contribution is 7.92. The Bertz CT molecular complexity index is 853. The Hall–Kier alpha value is -2.18. The molecule has 1 amide bonds. The second kappa shape index (κ2) is 10.7. The quantitative estimate of drug-likeness (QED) is 0.574. The molecule has 1 saturated heterocycles. The van der Waals surface area contributed by atoms with Gasteiger partial charge in [0.15, 0.2) is 9.84 Å². The van der Waals surface area contributed by atoms with Crippen LogP contribution >= 0.6 is 0 Å². The number of piperazine rings is 1. The molecular formula is C24H32N2O3S. The first-order valence-corrected chi connectivity index (χ1v) is 12.6. The number of benzene rings is 2. The van der Waals surface area contributed by atoms with Gasteiger partial charge in [-0.3, -0.25) is 9.69 Å². The van der Waals surface area contributed by atoms with Gasteiger partial charge in [-0.15, -0.1) is 0 Å². The molecule has 0 radical (unpaired) electrons. The van der Waals surface area contributed by atoms with E-state index < -0.39 is 9.84 Å². The second-order valence-electron chi connectivity index (χ2n) is 7.94. The Balaban J connectivity index is 1.63. The predicted molar refractivity (Wildman–Crippen MR) is 121 cm³/mol. The Morgan fingerprint density at radius 1 is 0.867 bits per heavy atom. The summed E-state index contributed by atoms with van der Waals surface area (Å²) in [5.41, 5.74) is 2.45. The minimum absolute atomic E-state index is 0.108. The van der Waals surface area contributed by atoms with E-state index in [2.05, 4.69) is 53.4 Å². The Morgan fingerprint density at radius 3 is 1.90 bits per heavy atom. The van der Waals surface area contributed by atoms with Crippen LogP contribution in [-0.4, -0.2) is 61.8 Å². The van der Waals surface area contributed by atoms with Crippen molar-refractivity contribution in [1.82, 2.24) is 9.80 Å². The van der Waals surface area contributed by atoms with Crippen molar-refractivity contribution in [2.24, 2.45) is 0 Å². The number of carbonyl (C=O) groups excluding carboxylic acids is 1. The molecule has 1 aliphatic heterocycles. The van der Waals surface area contributed by atoms with Crippen molar-refractivity contribution in [3.05, 3.63) is 71.8 Å². The molecule has 2 aromatic carbocycles. The SMILES string of the molecule is CCCCCS(=O)(=O)CC(=O)N1CCN(C(c2ccccc2)c2ccccc2)CC1. The average molecular weight is 429 g/mol. The van der Waals surface area contributed by atoms with Crippen LogP contribution in [0.4, 0.5) is 0 Å². The molecular weight excluding hydrogens is 396 g/mol. The number of unbranched alkanes of at least 4 members (excludes halogenated alkanes) is 2. The van der Waals surface area contributed by atoms with Crippen LogP contribution in [-0.2, 0) is 14.6 Å². The van der Waals surface area contributed by atoms with Gasteiger partial charge >= 0.3 is 0 Å². The minimum atomic E-state index is -3.32. The number of rotatable bonds is 9. The van der Waals surface area contributed by atoms with Gasteiger partial charge in [0.2, 0.25) is 5.91 Å². The largest absolute Gasteiger partial charge is 0.339 e. The van der Waals surface area contributed by atoms with Crippen molar-refractivity contribution in [3.8, 4) is 0 Å². The predicted octanol–water partition coefficient (Wildman–Crippen LogP) is 3.53. The van der Waals surface area contributed by atoms with Crippen LogP contribution in [0.15, 0.2) is 60.7 Å². The lowest BCUT2D eigenvalue weighted by atomic mass is 9.96. The summed E-state index contributed by atoms with van der Waals surface area (Å²) in [7, 11) is -3.32. The number of amides is 1. The van der Waals surface area contributed by atoms with Crippen molar-refractivity contribution in [2.45, 2.75) is 32.2 Å². The van der Waals surface area contributed by atoms with E-state index >= 15 is 0 Å². The molecule has 0 spiro atoms. The standard InChI is InChI=1S/C24H32N2O3S/c1-2-3-10-19-30(28,29)20-23(27)25-15-17-26(18-16-25)24(21-11-6-4-7-12-21)22-13-8-5-9-14-22/h4-9,11-14,24H,2-3,10,15-20H2,1H3. The molecule has 5 nitrogen and oxygen atoms in total. The molecule has 162 valence electrons. The van der Waals surface area contributed by atoms with Crippen LogP contribution in [0.3, 0.4) is 0 Å². The number of hydrogen-bond acceptors (Lipinski definition) is 4. The molecule has 0 unspecified atom stereocenters. The molecule has 0 bridgehead atoms. The molecule has 0 aliphatic carbocycles. The third kappa shape index (κ3) is 6.16. The number of hydrogen-bond donors (Lipinski definition) is 0. The summed E-state index contributed by atoms with van der Waals surface area (Å²) < 4.78 is 24.5. The summed E-state index contributed by atoms with van der Waals surface area (Å²) in [4.78, 5) is 16.7. The fourth-order valence-corrected chi connectivity index (χ4v) is 5.38. The van der Waals surface area contributed by atoms with E-state index in [-0.39, 0.29) is 23.5 Å². The zero-order valence-electron chi connectivity index (χ0n) is 17.7. The van der Waals surface area contributed by atoms with Gasteiger partial charge < -0.3 is 4.90 Å². The normalized spacial score (nSPS) is 15.5. The van der Waals surface area contributed by atoms with E-state index in [0.29, 0.717) is 19.5 Å². The highest BCUT2D eigenvalue weighted by Gasteiger charge is 2.29. The fraction of sp³-hybridized carbons (Fsp3) is 0.458. The van der Waals surface area contributed by atoms with E-state index in [1.165, 1.54) is 11.1 Å². The van der Waals surface area contributed by atoms with Gasteiger partial charge in [0.05, 0.1) is 11.8 Å². The molecule has 0 N–H and O–H groups in total. The summed E-state index contributed by atoms with van der Waals surface area (Å²) in [6.07, 6.45) is 2.48. The van der Waals surface area contributed by atoms with E-state index in [4.69, 9.17) is 0 Å². The van der Waals surface area contributed by atoms with Crippen LogP contribution in [0.1, 0.15) is 43.4 Å². The molecule has 0 aromatic heterocycles. The molecule has 6 heteroatoms. The van der Waals surface area contributed by atoms with Gasteiger partial charge in [-0.2, -0.15) is 0 Å². The first kappa shape index (κ1) is 22.5. The van der Waals surface area contributed by atoms with E-state index in [9.17, 15) is 13.2 Å². The van der Waals surface area contributed by atoms with Crippen LogP contribution in [0.2, 0.25) is 0 Å². The Morgan fingerprint density at radius 2 is 1.40 bits per heavy atom. The summed E-state index contributed by atoms with van der Waals surface area (Å²) in [5, 5.41) is 0. The second-order valence-corrected chi connectivity index (χ2v) is 10.1. The number of sulfone groups is 1. The van der Waals surface area contributed by atoms with Crippen LogP contribution in [0, 0.1) is 0 Å². The molecule has 1 heterocycles. The summed E-state index contributed by atoms with van der Waals surface area (Å²) >= 11 is 0. The maximum atomic E-state index is 12.6. The van der Waals surface area contributed by atoms with Gasteiger partial charge in [0.25, 0.3) is 0 Å². The van der Waals surface area contributed by atoms with Crippen molar-refractivity contribution in [1.29, 1.82) is 0 Å². The van der Waals surface area contributed by atoms with Crippen LogP contribution in [0.25, 0.3) is 0 Å². The maximum Gasteiger partial charge on any atom is 0.237 e. The zero-order chi connectivity index (χ0) is 21.4. The number of carbonyl (C=O) groups is 1. The highest BCUT2D eigenvalue weighted by atomic mass is 32.2. The molecule has 0 saturated carbocycles. The maximum absolute atomic E-state index is 12.6. The third-order valence-electron chi connectivity index (χ3n) is 5.67. The molecule has 30 heavy (non-hydrogen) atoms. The van der Waals surface area contributed by atoms with E-state index in [1.807, 2.05) is 19.1 Å². The molecule has 1 fully saturated rings. The zero-order valence-corrected chi connectivity index (χ0v) is 18.6. The Labute approximate surface area is 180 Å². The lowest BCUT2D eigenvalue weighted by molar-refractivity contribution is -0.130. The van der Waals surface area contributed by atoms with Gasteiger partial charge in [0.1, 0.15) is 5.75 Å². The highest BCUT2D eigenvalue weighted by Crippen LogP contribution is 2.29. The van der Waals surface area contributed by atoms with Gasteiger partial charge in [-0.05, 0) is 17.5 Å². The van der Waals surface area contributed by atoms with Crippen molar-refractivity contribution >= 4 is 15.7 Å². The first-order chi connectivity index (χ1) is 14.5. The first-order valence-electron chi connectivity index (χ1n) is 10.8. The Kier molecular flexibility index (Phi) is 8.05. The van der Waals surface area contributed by atoms with Gasteiger partial charge in [-0.25, -0.2) is 8.42 Å². The van der Waals surface area contributed by atoms with E-state index in [0.717, 1.165) is 25.9 Å². The average Bonchev–Trinajstić information content (AvgIpc) is 2.76. The molecule has 3 rings (SSSR count). The number of nitrogens with zero attached hydrogens (tertiary/aromatic N) is 2. The minimum Gasteiger partial charge on any atom is -0.339 e. The topological polar surface area (TPSA) is 57.7 Å².